The predicted octanol–water partition coefficient (Wildman–Crippen LogP) is 2.37. The van der Waals surface area contributed by atoms with E-state index < -0.39 is 10.0 Å². The largest absolute Gasteiger partial charge is 0.333 e. The fraction of sp³-hybridized carbons (Fsp3) is 0.176. The SMILES string of the molecule is CN.Cc1cc(-c2cccnc2C)n(S(=O)(=O)c2cccnc2)c1. The van der Waals surface area contributed by atoms with E-state index in [1.807, 2.05) is 26.0 Å². The van der Waals surface area contributed by atoms with Crippen molar-refractivity contribution in [2.75, 3.05) is 7.05 Å². The maximum Gasteiger partial charge on any atom is 0.269 e. The van der Waals surface area contributed by atoms with Crippen molar-refractivity contribution in [3.05, 3.63) is 66.4 Å². The topological polar surface area (TPSA) is 90.9 Å². The van der Waals surface area contributed by atoms with Crippen LogP contribution in [0, 0.1) is 13.8 Å². The lowest BCUT2D eigenvalue weighted by Gasteiger charge is -2.11. The van der Waals surface area contributed by atoms with Crippen LogP contribution in [0.3, 0.4) is 0 Å². The summed E-state index contributed by atoms with van der Waals surface area (Å²) in [6.45, 7) is 3.73. The van der Waals surface area contributed by atoms with Gasteiger partial charge in [-0.15, -0.1) is 0 Å². The third-order valence-electron chi connectivity index (χ3n) is 3.40. The number of hydrogen-bond donors (Lipinski definition) is 1. The Labute approximate surface area is 142 Å². The molecular formula is C17H20N4O2S. The third-order valence-corrected chi connectivity index (χ3v) is 5.05. The highest BCUT2D eigenvalue weighted by molar-refractivity contribution is 7.90. The Hall–Kier alpha value is -2.51. The van der Waals surface area contributed by atoms with Crippen LogP contribution in [0.2, 0.25) is 0 Å². The molecule has 0 saturated carbocycles. The summed E-state index contributed by atoms with van der Waals surface area (Å²) in [7, 11) is -2.19. The van der Waals surface area contributed by atoms with E-state index in [2.05, 4.69) is 15.7 Å². The molecule has 0 atom stereocenters. The first-order chi connectivity index (χ1) is 11.5. The van der Waals surface area contributed by atoms with Crippen LogP contribution in [0.25, 0.3) is 11.3 Å². The second-order valence-corrected chi connectivity index (χ2v) is 6.84. The first-order valence-corrected chi connectivity index (χ1v) is 8.78. The Morgan fingerprint density at radius 2 is 1.79 bits per heavy atom. The molecule has 0 fully saturated rings. The Kier molecular flexibility index (Phi) is 5.48. The minimum absolute atomic E-state index is 0.161. The molecule has 3 heterocycles. The van der Waals surface area contributed by atoms with Crippen LogP contribution in [-0.4, -0.2) is 29.4 Å². The molecule has 0 radical (unpaired) electrons. The monoisotopic (exact) mass is 344 g/mol. The van der Waals surface area contributed by atoms with Crippen molar-refractivity contribution in [3.63, 3.8) is 0 Å². The molecule has 7 heteroatoms. The van der Waals surface area contributed by atoms with Gasteiger partial charge in [0.25, 0.3) is 10.0 Å². The van der Waals surface area contributed by atoms with Crippen LogP contribution in [0.4, 0.5) is 0 Å². The zero-order valence-electron chi connectivity index (χ0n) is 13.8. The maximum absolute atomic E-state index is 12.9. The highest BCUT2D eigenvalue weighted by Crippen LogP contribution is 2.28. The zero-order valence-corrected chi connectivity index (χ0v) is 14.7. The number of aryl methyl sites for hydroxylation is 2. The summed E-state index contributed by atoms with van der Waals surface area (Å²) in [4.78, 5) is 8.30. The molecule has 0 saturated heterocycles. The normalized spacial score (nSPS) is 10.8. The van der Waals surface area contributed by atoms with Crippen LogP contribution in [-0.2, 0) is 10.0 Å². The molecule has 0 spiro atoms. The van der Waals surface area contributed by atoms with Crippen molar-refractivity contribution in [1.29, 1.82) is 0 Å². The molecular weight excluding hydrogens is 324 g/mol. The van der Waals surface area contributed by atoms with E-state index in [1.165, 1.54) is 23.3 Å². The average molecular weight is 344 g/mol. The van der Waals surface area contributed by atoms with Crippen molar-refractivity contribution in [3.8, 4) is 11.3 Å². The van der Waals surface area contributed by atoms with Crippen LogP contribution >= 0.6 is 0 Å². The van der Waals surface area contributed by atoms with E-state index in [-0.39, 0.29) is 4.90 Å². The highest BCUT2D eigenvalue weighted by Gasteiger charge is 2.22. The number of aromatic nitrogens is 3. The lowest BCUT2D eigenvalue weighted by molar-refractivity contribution is 0.587. The van der Waals surface area contributed by atoms with Crippen molar-refractivity contribution >= 4 is 10.0 Å². The van der Waals surface area contributed by atoms with E-state index in [4.69, 9.17) is 0 Å². The second-order valence-electron chi connectivity index (χ2n) is 5.03. The summed E-state index contributed by atoms with van der Waals surface area (Å²) >= 11 is 0. The minimum atomic E-state index is -3.69. The van der Waals surface area contributed by atoms with Crippen LogP contribution in [0.15, 0.2) is 60.0 Å². The molecule has 0 aromatic carbocycles. The second kappa shape index (κ2) is 7.37. The molecule has 126 valence electrons. The lowest BCUT2D eigenvalue weighted by atomic mass is 10.1. The third kappa shape index (κ3) is 3.37. The number of hydrogen-bond acceptors (Lipinski definition) is 5. The molecule has 0 aliphatic heterocycles. The van der Waals surface area contributed by atoms with Gasteiger partial charge in [-0.2, -0.15) is 0 Å². The molecule has 24 heavy (non-hydrogen) atoms. The smallest absolute Gasteiger partial charge is 0.269 e. The van der Waals surface area contributed by atoms with Gasteiger partial charge in [0.1, 0.15) is 4.90 Å². The molecule has 3 aromatic heterocycles. The molecule has 0 unspecified atom stereocenters. The quantitative estimate of drug-likeness (QED) is 0.788. The first kappa shape index (κ1) is 17.8. The summed E-state index contributed by atoms with van der Waals surface area (Å²) < 4.78 is 27.0. The zero-order chi connectivity index (χ0) is 17.7. The van der Waals surface area contributed by atoms with Gasteiger partial charge in [0.05, 0.1) is 5.69 Å². The van der Waals surface area contributed by atoms with E-state index in [0.29, 0.717) is 5.69 Å². The van der Waals surface area contributed by atoms with Crippen LogP contribution < -0.4 is 5.73 Å². The molecule has 0 aliphatic carbocycles. The van der Waals surface area contributed by atoms with E-state index in [1.54, 1.807) is 30.7 Å². The predicted molar refractivity (Wildman–Crippen MR) is 94.1 cm³/mol. The van der Waals surface area contributed by atoms with Crippen molar-refractivity contribution < 1.29 is 8.42 Å². The van der Waals surface area contributed by atoms with Gasteiger partial charge in [0.2, 0.25) is 0 Å². The van der Waals surface area contributed by atoms with Crippen LogP contribution in [0.5, 0.6) is 0 Å². The summed E-state index contributed by atoms with van der Waals surface area (Å²) in [6.07, 6.45) is 6.20. The molecule has 2 N–H and O–H groups in total. The van der Waals surface area contributed by atoms with Gasteiger partial charge in [0.15, 0.2) is 0 Å². The Balaban J connectivity index is 0.00000100. The summed E-state index contributed by atoms with van der Waals surface area (Å²) in [5.74, 6) is 0. The molecule has 0 bridgehead atoms. The number of nitrogens with two attached hydrogens (primary N) is 1. The lowest BCUT2D eigenvalue weighted by Crippen LogP contribution is -2.13. The van der Waals surface area contributed by atoms with E-state index in [9.17, 15) is 8.42 Å². The van der Waals surface area contributed by atoms with E-state index >= 15 is 0 Å². The van der Waals surface area contributed by atoms with Crippen molar-refractivity contribution in [2.45, 2.75) is 18.7 Å². The number of nitrogens with zero attached hydrogens (tertiary/aromatic N) is 3. The molecule has 0 amide bonds. The summed E-state index contributed by atoms with van der Waals surface area (Å²) in [5, 5.41) is 0. The van der Waals surface area contributed by atoms with Gasteiger partial charge >= 0.3 is 0 Å². The Bertz CT molecular complexity index is 919. The molecule has 3 rings (SSSR count). The standard InChI is InChI=1S/C16H15N3O2S.CH5N/c1-12-9-16(15-6-4-8-18-13(15)2)19(11-12)22(20,21)14-5-3-7-17-10-14;1-2/h3-11H,1-2H3;2H2,1H3. The summed E-state index contributed by atoms with van der Waals surface area (Å²) in [5.41, 5.74) is 7.55. The number of pyridine rings is 2. The van der Waals surface area contributed by atoms with Crippen molar-refractivity contribution in [2.24, 2.45) is 5.73 Å². The van der Waals surface area contributed by atoms with E-state index in [0.717, 1.165) is 16.8 Å². The van der Waals surface area contributed by atoms with Crippen molar-refractivity contribution in [1.82, 2.24) is 13.9 Å². The Morgan fingerprint density at radius 1 is 1.08 bits per heavy atom. The maximum atomic E-state index is 12.9. The summed E-state index contributed by atoms with van der Waals surface area (Å²) in [6, 6.07) is 8.66. The van der Waals surface area contributed by atoms with Gasteiger partial charge in [0, 0.05) is 36.0 Å². The molecule has 3 aromatic rings. The van der Waals surface area contributed by atoms with Gasteiger partial charge in [-0.05, 0) is 56.8 Å². The fourth-order valence-corrected chi connectivity index (χ4v) is 3.72. The fourth-order valence-electron chi connectivity index (χ4n) is 2.33. The van der Waals surface area contributed by atoms with Gasteiger partial charge in [-0.1, -0.05) is 0 Å². The molecule has 6 nitrogen and oxygen atoms in total. The van der Waals surface area contributed by atoms with Crippen LogP contribution in [0.1, 0.15) is 11.3 Å². The highest BCUT2D eigenvalue weighted by atomic mass is 32.2. The first-order valence-electron chi connectivity index (χ1n) is 7.34. The Morgan fingerprint density at radius 3 is 2.42 bits per heavy atom. The van der Waals surface area contributed by atoms with Gasteiger partial charge in [-0.25, -0.2) is 12.4 Å². The average Bonchev–Trinajstić information content (AvgIpc) is 3.00. The number of rotatable bonds is 3. The molecule has 0 aliphatic rings. The minimum Gasteiger partial charge on any atom is -0.333 e. The van der Waals surface area contributed by atoms with Gasteiger partial charge < -0.3 is 5.73 Å². The van der Waals surface area contributed by atoms with Gasteiger partial charge in [-0.3, -0.25) is 9.97 Å².